The molecular weight excluding hydrogens is 407 g/mol. The Morgan fingerprint density at radius 3 is 2.28 bits per heavy atom. The summed E-state index contributed by atoms with van der Waals surface area (Å²) in [7, 11) is -3.07. The Morgan fingerprint density at radius 2 is 1.66 bits per heavy atom. The van der Waals surface area contributed by atoms with Crippen molar-refractivity contribution in [3.8, 4) is 11.5 Å². The van der Waals surface area contributed by atoms with Gasteiger partial charge in [0.15, 0.2) is 9.84 Å². The van der Waals surface area contributed by atoms with E-state index in [-0.39, 0.29) is 23.2 Å². The predicted molar refractivity (Wildman–Crippen MR) is 99.2 cm³/mol. The number of carbonyl (C=O) groups excluding carboxylic acids is 1. The van der Waals surface area contributed by atoms with Crippen LogP contribution in [0.15, 0.2) is 42.5 Å². The van der Waals surface area contributed by atoms with E-state index < -0.39 is 27.5 Å². The highest BCUT2D eigenvalue weighted by Gasteiger charge is 2.41. The van der Waals surface area contributed by atoms with E-state index in [4.69, 9.17) is 4.74 Å². The van der Waals surface area contributed by atoms with Crippen LogP contribution in [0.5, 0.6) is 11.5 Å². The number of carbonyl (C=O) groups is 1. The van der Waals surface area contributed by atoms with Crippen LogP contribution in [-0.4, -0.2) is 37.3 Å². The Labute approximate surface area is 166 Å². The largest absolute Gasteiger partial charge is 0.457 e. The van der Waals surface area contributed by atoms with Crippen molar-refractivity contribution in [1.29, 1.82) is 0 Å². The molecule has 0 atom stereocenters. The molecule has 5 nitrogen and oxygen atoms in total. The van der Waals surface area contributed by atoms with Crippen LogP contribution >= 0.6 is 0 Å². The van der Waals surface area contributed by atoms with Crippen LogP contribution in [0.4, 0.5) is 13.2 Å². The summed E-state index contributed by atoms with van der Waals surface area (Å²) in [4.78, 5) is 14.2. The van der Waals surface area contributed by atoms with Crippen LogP contribution in [0, 0.1) is 5.92 Å². The smallest absolute Gasteiger partial charge is 0.416 e. The third-order valence-corrected chi connectivity index (χ3v) is 7.00. The van der Waals surface area contributed by atoms with Crippen LogP contribution in [0.25, 0.3) is 0 Å². The minimum Gasteiger partial charge on any atom is -0.457 e. The van der Waals surface area contributed by atoms with Gasteiger partial charge in [-0.15, -0.1) is 0 Å². The molecule has 0 unspecified atom stereocenters. The average molecular weight is 425 g/mol. The van der Waals surface area contributed by atoms with Crippen molar-refractivity contribution in [3.63, 3.8) is 0 Å². The van der Waals surface area contributed by atoms with Gasteiger partial charge in [0.2, 0.25) is 5.91 Å². The Balaban J connectivity index is 1.45. The van der Waals surface area contributed by atoms with Gasteiger partial charge >= 0.3 is 6.18 Å². The molecule has 154 valence electrons. The van der Waals surface area contributed by atoms with Gasteiger partial charge in [-0.1, -0.05) is 6.07 Å². The minimum absolute atomic E-state index is 0.0910. The first-order valence-electron chi connectivity index (χ1n) is 9.07. The topological polar surface area (TPSA) is 63.7 Å². The highest BCUT2D eigenvalue weighted by Crippen LogP contribution is 2.33. The van der Waals surface area contributed by atoms with E-state index in [1.54, 1.807) is 17.0 Å². The van der Waals surface area contributed by atoms with Crippen LogP contribution in [0.3, 0.4) is 0 Å². The monoisotopic (exact) mass is 425 g/mol. The molecule has 1 fully saturated rings. The standard InChI is InChI=1S/C20H18F3NO4S/c21-20(22,23)16-2-5-17(6-3-16)28-18-4-1-13-7-8-24(10-14(13)9-18)19(25)15-11-29(26,27)12-15/h1-6,9,15H,7-8,10-12H2. The summed E-state index contributed by atoms with van der Waals surface area (Å²) < 4.78 is 66.3. The second-order valence-corrected chi connectivity index (χ2v) is 9.49. The number of amides is 1. The highest BCUT2D eigenvalue weighted by atomic mass is 32.2. The minimum atomic E-state index is -4.40. The van der Waals surface area contributed by atoms with Crippen LogP contribution in [0.2, 0.25) is 0 Å². The maximum atomic E-state index is 12.7. The molecule has 0 saturated carbocycles. The van der Waals surface area contributed by atoms with Gasteiger partial charge in [0.1, 0.15) is 11.5 Å². The molecule has 2 heterocycles. The molecule has 0 bridgehead atoms. The first kappa shape index (κ1) is 19.8. The number of halogens is 3. The van der Waals surface area contributed by atoms with Crippen molar-refractivity contribution in [2.24, 2.45) is 5.92 Å². The molecule has 9 heteroatoms. The zero-order valence-electron chi connectivity index (χ0n) is 15.3. The van der Waals surface area contributed by atoms with Crippen molar-refractivity contribution in [2.45, 2.75) is 19.1 Å². The van der Waals surface area contributed by atoms with E-state index in [0.717, 1.165) is 23.3 Å². The summed E-state index contributed by atoms with van der Waals surface area (Å²) in [5, 5.41) is 0. The van der Waals surface area contributed by atoms with E-state index in [2.05, 4.69) is 0 Å². The van der Waals surface area contributed by atoms with Crippen molar-refractivity contribution in [2.75, 3.05) is 18.1 Å². The second kappa shape index (κ2) is 7.05. The molecule has 2 aliphatic heterocycles. The predicted octanol–water partition coefficient (Wildman–Crippen LogP) is 3.43. The summed E-state index contributed by atoms with van der Waals surface area (Å²) in [6.07, 6.45) is -3.75. The summed E-state index contributed by atoms with van der Waals surface area (Å²) in [5.41, 5.74) is 1.20. The number of fused-ring (bicyclic) bond motifs is 1. The van der Waals surface area contributed by atoms with Gasteiger partial charge in [-0.05, 0) is 53.9 Å². The number of rotatable bonds is 3. The fourth-order valence-electron chi connectivity index (χ4n) is 3.60. The van der Waals surface area contributed by atoms with Crippen LogP contribution in [0.1, 0.15) is 16.7 Å². The van der Waals surface area contributed by atoms with Gasteiger partial charge < -0.3 is 9.64 Å². The third kappa shape index (κ3) is 4.24. The SMILES string of the molecule is O=C(C1CS(=O)(=O)C1)N1CCc2ccc(Oc3ccc(C(F)(F)F)cc3)cc2C1. The lowest BCUT2D eigenvalue weighted by molar-refractivity contribution is -0.137. The van der Waals surface area contributed by atoms with Gasteiger partial charge in [-0.3, -0.25) is 4.79 Å². The molecule has 2 aromatic rings. The number of hydrogen-bond acceptors (Lipinski definition) is 4. The summed E-state index contributed by atoms with van der Waals surface area (Å²) in [5.74, 6) is -0.0588. The van der Waals surface area contributed by atoms with Gasteiger partial charge in [-0.25, -0.2) is 8.42 Å². The Hall–Kier alpha value is -2.55. The van der Waals surface area contributed by atoms with Crippen molar-refractivity contribution >= 4 is 15.7 Å². The third-order valence-electron chi connectivity index (χ3n) is 5.18. The number of sulfone groups is 1. The lowest BCUT2D eigenvalue weighted by atomic mass is 9.98. The summed E-state index contributed by atoms with van der Waals surface area (Å²) in [6.45, 7) is 0.885. The van der Waals surface area contributed by atoms with Crippen LogP contribution < -0.4 is 4.74 Å². The number of alkyl halides is 3. The zero-order chi connectivity index (χ0) is 20.8. The molecule has 2 aromatic carbocycles. The van der Waals surface area contributed by atoms with E-state index in [0.29, 0.717) is 25.3 Å². The first-order valence-corrected chi connectivity index (χ1v) is 10.9. The Bertz CT molecular complexity index is 1040. The highest BCUT2D eigenvalue weighted by molar-refractivity contribution is 7.92. The van der Waals surface area contributed by atoms with E-state index in [1.165, 1.54) is 12.1 Å². The number of nitrogens with zero attached hydrogens (tertiary/aromatic N) is 1. The molecule has 2 aliphatic rings. The maximum Gasteiger partial charge on any atom is 0.416 e. The van der Waals surface area contributed by atoms with Crippen molar-refractivity contribution in [3.05, 3.63) is 59.2 Å². The quantitative estimate of drug-likeness (QED) is 0.756. The van der Waals surface area contributed by atoms with Crippen LogP contribution in [-0.2, 0) is 33.8 Å². The molecule has 0 N–H and O–H groups in total. The zero-order valence-corrected chi connectivity index (χ0v) is 16.1. The lowest BCUT2D eigenvalue weighted by Crippen LogP contribution is -2.49. The molecule has 0 aliphatic carbocycles. The first-order chi connectivity index (χ1) is 13.6. The lowest BCUT2D eigenvalue weighted by Gasteiger charge is -2.34. The van der Waals surface area contributed by atoms with E-state index in [1.807, 2.05) is 6.07 Å². The summed E-state index contributed by atoms with van der Waals surface area (Å²) in [6, 6.07) is 9.83. The van der Waals surface area contributed by atoms with E-state index >= 15 is 0 Å². The van der Waals surface area contributed by atoms with Crippen molar-refractivity contribution in [1.82, 2.24) is 4.90 Å². The molecular formula is C20H18F3NO4S. The summed E-state index contributed by atoms with van der Waals surface area (Å²) >= 11 is 0. The van der Waals surface area contributed by atoms with Gasteiger partial charge in [-0.2, -0.15) is 13.2 Å². The van der Waals surface area contributed by atoms with Crippen molar-refractivity contribution < 1.29 is 31.1 Å². The number of ether oxygens (including phenoxy) is 1. The molecule has 0 spiro atoms. The Morgan fingerprint density at radius 1 is 1.00 bits per heavy atom. The van der Waals surface area contributed by atoms with Gasteiger partial charge in [0.25, 0.3) is 0 Å². The van der Waals surface area contributed by atoms with Gasteiger partial charge in [0.05, 0.1) is 23.0 Å². The maximum absolute atomic E-state index is 12.7. The molecule has 4 rings (SSSR count). The number of hydrogen-bond donors (Lipinski definition) is 0. The fourth-order valence-corrected chi connectivity index (χ4v) is 5.01. The molecule has 29 heavy (non-hydrogen) atoms. The number of benzene rings is 2. The van der Waals surface area contributed by atoms with Gasteiger partial charge in [0, 0.05) is 13.1 Å². The normalized spacial score (nSPS) is 18.7. The average Bonchev–Trinajstić information content (AvgIpc) is 2.64. The van der Waals surface area contributed by atoms with E-state index in [9.17, 15) is 26.4 Å². The Kier molecular flexibility index (Phi) is 4.80. The molecule has 0 radical (unpaired) electrons. The molecule has 0 aromatic heterocycles. The fraction of sp³-hybridized carbons (Fsp3) is 0.350. The molecule has 1 saturated heterocycles. The second-order valence-electron chi connectivity index (χ2n) is 7.34. The molecule has 1 amide bonds.